The average Bonchev–Trinajstić information content (AvgIpc) is 2.67. The molecule has 0 atom stereocenters. The van der Waals surface area contributed by atoms with Gasteiger partial charge in [-0.05, 0) is 42.7 Å². The van der Waals surface area contributed by atoms with E-state index in [2.05, 4.69) is 15.9 Å². The van der Waals surface area contributed by atoms with Crippen molar-refractivity contribution < 1.29 is 9.59 Å². The molecule has 1 amide bonds. The van der Waals surface area contributed by atoms with Gasteiger partial charge in [0.25, 0.3) is 11.7 Å². The molecule has 3 nitrogen and oxygen atoms in total. The van der Waals surface area contributed by atoms with E-state index in [1.807, 2.05) is 44.2 Å². The van der Waals surface area contributed by atoms with Crippen molar-refractivity contribution in [1.82, 2.24) is 0 Å². The van der Waals surface area contributed by atoms with Crippen LogP contribution in [-0.4, -0.2) is 11.7 Å². The van der Waals surface area contributed by atoms with Crippen molar-refractivity contribution in [2.75, 3.05) is 4.90 Å². The summed E-state index contributed by atoms with van der Waals surface area (Å²) in [4.78, 5) is 26.1. The first-order valence-corrected chi connectivity index (χ1v) is 7.49. The Morgan fingerprint density at radius 2 is 1.81 bits per heavy atom. The summed E-state index contributed by atoms with van der Waals surface area (Å²) in [6, 6.07) is 11.5. The molecule has 0 aliphatic carbocycles. The average molecular weight is 344 g/mol. The number of rotatable bonds is 2. The molecule has 1 aliphatic rings. The van der Waals surface area contributed by atoms with Crippen molar-refractivity contribution in [1.29, 1.82) is 0 Å². The molecule has 2 aromatic carbocycles. The van der Waals surface area contributed by atoms with Gasteiger partial charge >= 0.3 is 0 Å². The Morgan fingerprint density at radius 3 is 2.52 bits per heavy atom. The zero-order valence-electron chi connectivity index (χ0n) is 11.8. The molecule has 21 heavy (non-hydrogen) atoms. The molecular formula is C17H14BrNO2. The minimum atomic E-state index is -0.450. The van der Waals surface area contributed by atoms with Gasteiger partial charge in [0.05, 0.1) is 17.8 Å². The number of amides is 1. The van der Waals surface area contributed by atoms with E-state index in [0.717, 1.165) is 26.9 Å². The lowest BCUT2D eigenvalue weighted by Gasteiger charge is -2.19. The van der Waals surface area contributed by atoms with Gasteiger partial charge in [0.2, 0.25) is 0 Å². The van der Waals surface area contributed by atoms with Gasteiger partial charge in [0.1, 0.15) is 0 Å². The quantitative estimate of drug-likeness (QED) is 0.778. The molecule has 0 radical (unpaired) electrons. The normalized spacial score (nSPS) is 13.8. The van der Waals surface area contributed by atoms with E-state index in [9.17, 15) is 9.59 Å². The summed E-state index contributed by atoms with van der Waals surface area (Å²) >= 11 is 3.49. The maximum atomic E-state index is 12.3. The van der Waals surface area contributed by atoms with Crippen LogP contribution >= 0.6 is 15.9 Å². The Bertz CT molecular complexity index is 767. The molecule has 0 N–H and O–H groups in total. The molecule has 0 spiro atoms. The number of fused-ring (bicyclic) bond motifs is 1. The highest BCUT2D eigenvalue weighted by molar-refractivity contribution is 9.10. The third-order valence-corrected chi connectivity index (χ3v) is 4.46. The summed E-state index contributed by atoms with van der Waals surface area (Å²) in [5.74, 6) is -0.863. The summed E-state index contributed by atoms with van der Waals surface area (Å²) in [6.07, 6.45) is 0. The molecule has 0 unspecified atom stereocenters. The lowest BCUT2D eigenvalue weighted by atomic mass is 10.0. The number of carbonyl (C=O) groups is 2. The molecule has 4 heteroatoms. The van der Waals surface area contributed by atoms with E-state index < -0.39 is 11.7 Å². The van der Waals surface area contributed by atoms with Crippen molar-refractivity contribution in [2.45, 2.75) is 20.4 Å². The number of hydrogen-bond acceptors (Lipinski definition) is 2. The molecule has 0 fully saturated rings. The highest BCUT2D eigenvalue weighted by Crippen LogP contribution is 2.35. The highest BCUT2D eigenvalue weighted by Gasteiger charge is 2.37. The van der Waals surface area contributed by atoms with Crippen LogP contribution in [0.4, 0.5) is 5.69 Å². The predicted molar refractivity (Wildman–Crippen MR) is 85.6 cm³/mol. The van der Waals surface area contributed by atoms with Crippen molar-refractivity contribution in [3.63, 3.8) is 0 Å². The number of anilines is 1. The molecule has 1 aliphatic heterocycles. The standard InChI is InChI=1S/C17H14BrNO2/c1-10-7-11(2)15-13(8-10)16(20)17(21)19(15)9-12-5-3-4-6-14(12)18/h3-8H,9H2,1-2H3. The van der Waals surface area contributed by atoms with Gasteiger partial charge < -0.3 is 4.90 Å². The summed E-state index contributed by atoms with van der Waals surface area (Å²) in [5, 5.41) is 0. The van der Waals surface area contributed by atoms with E-state index in [1.54, 1.807) is 11.0 Å². The first-order valence-electron chi connectivity index (χ1n) is 6.70. The van der Waals surface area contributed by atoms with E-state index in [4.69, 9.17) is 0 Å². The predicted octanol–water partition coefficient (Wildman–Crippen LogP) is 3.80. The van der Waals surface area contributed by atoms with Gasteiger partial charge in [-0.1, -0.05) is 40.2 Å². The molecule has 0 bridgehead atoms. The number of benzene rings is 2. The second kappa shape index (κ2) is 5.11. The molecule has 0 saturated carbocycles. The largest absolute Gasteiger partial charge is 0.300 e. The van der Waals surface area contributed by atoms with Crippen LogP contribution in [0.15, 0.2) is 40.9 Å². The molecular weight excluding hydrogens is 330 g/mol. The maximum Gasteiger partial charge on any atom is 0.299 e. The van der Waals surface area contributed by atoms with Crippen LogP contribution in [0.5, 0.6) is 0 Å². The zero-order chi connectivity index (χ0) is 15.1. The van der Waals surface area contributed by atoms with Crippen LogP contribution in [-0.2, 0) is 11.3 Å². The van der Waals surface area contributed by atoms with Gasteiger partial charge in [-0.3, -0.25) is 9.59 Å². The molecule has 106 valence electrons. The SMILES string of the molecule is Cc1cc(C)c2c(c1)C(=O)C(=O)N2Cc1ccccc1Br. The summed E-state index contributed by atoms with van der Waals surface area (Å²) < 4.78 is 0.934. The first-order chi connectivity index (χ1) is 9.99. The molecule has 3 rings (SSSR count). The Morgan fingerprint density at radius 1 is 1.10 bits per heavy atom. The number of ketones is 1. The second-order valence-electron chi connectivity index (χ2n) is 5.29. The van der Waals surface area contributed by atoms with E-state index >= 15 is 0 Å². The monoisotopic (exact) mass is 343 g/mol. The van der Waals surface area contributed by atoms with Gasteiger partial charge in [-0.15, -0.1) is 0 Å². The summed E-state index contributed by atoms with van der Waals surface area (Å²) in [5.41, 5.74) is 4.19. The second-order valence-corrected chi connectivity index (χ2v) is 6.14. The number of Topliss-reactive ketones (excluding diaryl/α,β-unsaturated/α-hetero) is 1. The summed E-state index contributed by atoms with van der Waals surface area (Å²) in [6.45, 7) is 4.26. The van der Waals surface area contributed by atoms with Crippen molar-refractivity contribution in [3.05, 3.63) is 63.1 Å². The van der Waals surface area contributed by atoms with E-state index in [-0.39, 0.29) is 0 Å². The lowest BCUT2D eigenvalue weighted by Crippen LogP contribution is -2.29. The van der Waals surface area contributed by atoms with E-state index in [1.165, 1.54) is 0 Å². The zero-order valence-corrected chi connectivity index (χ0v) is 13.4. The fourth-order valence-electron chi connectivity index (χ4n) is 2.78. The van der Waals surface area contributed by atoms with Gasteiger partial charge in [-0.25, -0.2) is 0 Å². The first kappa shape index (κ1) is 14.0. The minimum Gasteiger partial charge on any atom is -0.300 e. The maximum absolute atomic E-state index is 12.3. The Balaban J connectivity index is 2.08. The minimum absolute atomic E-state index is 0.392. The van der Waals surface area contributed by atoms with Crippen molar-refractivity contribution in [3.8, 4) is 0 Å². The number of carbonyl (C=O) groups excluding carboxylic acids is 2. The van der Waals surface area contributed by atoms with Crippen LogP contribution < -0.4 is 4.90 Å². The van der Waals surface area contributed by atoms with Crippen LogP contribution in [0.1, 0.15) is 27.0 Å². The van der Waals surface area contributed by atoms with E-state index in [0.29, 0.717) is 12.1 Å². The smallest absolute Gasteiger partial charge is 0.299 e. The highest BCUT2D eigenvalue weighted by atomic mass is 79.9. The van der Waals surface area contributed by atoms with Gasteiger partial charge in [-0.2, -0.15) is 0 Å². The van der Waals surface area contributed by atoms with Crippen molar-refractivity contribution in [2.24, 2.45) is 0 Å². The number of hydrogen-bond donors (Lipinski definition) is 0. The molecule has 0 saturated heterocycles. The third kappa shape index (κ3) is 2.29. The Hall–Kier alpha value is -1.94. The van der Waals surface area contributed by atoms with Gasteiger partial charge in [0, 0.05) is 4.47 Å². The number of aryl methyl sites for hydroxylation is 2. The number of nitrogens with zero attached hydrogens (tertiary/aromatic N) is 1. The van der Waals surface area contributed by atoms with Crippen LogP contribution in [0, 0.1) is 13.8 Å². The van der Waals surface area contributed by atoms with Gasteiger partial charge in [0.15, 0.2) is 0 Å². The summed E-state index contributed by atoms with van der Waals surface area (Å²) in [7, 11) is 0. The van der Waals surface area contributed by atoms with Crippen molar-refractivity contribution >= 4 is 33.3 Å². The Labute approximate surface area is 131 Å². The fourth-order valence-corrected chi connectivity index (χ4v) is 3.19. The Kier molecular flexibility index (Phi) is 3.41. The van der Waals surface area contributed by atoms with Crippen LogP contribution in [0.2, 0.25) is 0 Å². The fraction of sp³-hybridized carbons (Fsp3) is 0.176. The van der Waals surface area contributed by atoms with Crippen LogP contribution in [0.25, 0.3) is 0 Å². The van der Waals surface area contributed by atoms with Crippen LogP contribution in [0.3, 0.4) is 0 Å². The molecule has 0 aromatic heterocycles. The molecule has 2 aromatic rings. The molecule has 1 heterocycles. The number of halogens is 1. The third-order valence-electron chi connectivity index (χ3n) is 3.69. The topological polar surface area (TPSA) is 37.4 Å². The lowest BCUT2D eigenvalue weighted by molar-refractivity contribution is -0.114.